The minimum Gasteiger partial charge on any atom is -0.476 e. The number of fused-ring (bicyclic) bond motifs is 1. The van der Waals surface area contributed by atoms with Gasteiger partial charge in [0, 0.05) is 12.4 Å². The highest BCUT2D eigenvalue weighted by Crippen LogP contribution is 2.19. The smallest absolute Gasteiger partial charge is 0.357 e. The van der Waals surface area contributed by atoms with E-state index in [-0.39, 0.29) is 5.69 Å². The number of aromatic carboxylic acids is 1. The second kappa shape index (κ2) is 3.24. The van der Waals surface area contributed by atoms with Crippen LogP contribution in [0.5, 0.6) is 0 Å². The van der Waals surface area contributed by atoms with Gasteiger partial charge in [0.1, 0.15) is 0 Å². The normalized spacial score (nSPS) is 10.5. The largest absolute Gasteiger partial charge is 0.476 e. The Labute approximate surface area is 86.4 Å². The number of carboxylic acids is 1. The van der Waals surface area contributed by atoms with Gasteiger partial charge in [-0.1, -0.05) is 18.7 Å². The van der Waals surface area contributed by atoms with E-state index in [9.17, 15) is 4.79 Å². The van der Waals surface area contributed by atoms with Crippen LogP contribution < -0.4 is 0 Å². The zero-order valence-electron chi connectivity index (χ0n) is 8.27. The highest BCUT2D eigenvalue weighted by Gasteiger charge is 2.14. The van der Waals surface area contributed by atoms with Crippen LogP contribution in [-0.2, 0) is 7.05 Å². The molecule has 1 aromatic carbocycles. The molecule has 0 saturated heterocycles. The summed E-state index contributed by atoms with van der Waals surface area (Å²) in [6.07, 6.45) is 1.72. The fraction of sp³-hybridized carbons (Fsp3) is 0.0909. The van der Waals surface area contributed by atoms with E-state index in [0.29, 0.717) is 5.39 Å². The number of aryl methyl sites for hydroxylation is 1. The second-order valence-corrected chi connectivity index (χ2v) is 3.26. The molecular weight excluding hydrogens is 192 g/mol. The van der Waals surface area contributed by atoms with Crippen molar-refractivity contribution in [1.29, 1.82) is 0 Å². The van der Waals surface area contributed by atoms with E-state index in [1.807, 2.05) is 12.1 Å². The molecular formula is C11H10N2O2. The minimum atomic E-state index is -1.01. The maximum absolute atomic E-state index is 10.9. The number of aromatic nitrogens is 2. The van der Waals surface area contributed by atoms with Gasteiger partial charge in [0.05, 0.1) is 5.52 Å². The van der Waals surface area contributed by atoms with Crippen LogP contribution in [0.25, 0.3) is 17.0 Å². The Morgan fingerprint density at radius 1 is 1.60 bits per heavy atom. The van der Waals surface area contributed by atoms with Crippen molar-refractivity contribution in [3.8, 4) is 0 Å². The molecule has 2 rings (SSSR count). The molecule has 0 aliphatic carbocycles. The van der Waals surface area contributed by atoms with E-state index in [2.05, 4.69) is 11.7 Å². The molecule has 0 spiro atoms. The third-order valence-corrected chi connectivity index (χ3v) is 2.31. The van der Waals surface area contributed by atoms with Gasteiger partial charge >= 0.3 is 5.97 Å². The molecule has 0 bridgehead atoms. The fourth-order valence-corrected chi connectivity index (χ4v) is 1.56. The number of rotatable bonds is 2. The molecule has 0 atom stereocenters. The number of nitrogens with zero attached hydrogens (tertiary/aromatic N) is 2. The van der Waals surface area contributed by atoms with Crippen molar-refractivity contribution in [1.82, 2.24) is 9.78 Å². The maximum Gasteiger partial charge on any atom is 0.357 e. The summed E-state index contributed by atoms with van der Waals surface area (Å²) in [7, 11) is 1.72. The summed E-state index contributed by atoms with van der Waals surface area (Å²) in [6.45, 7) is 3.66. The average molecular weight is 202 g/mol. The molecule has 0 saturated carbocycles. The number of hydrogen-bond donors (Lipinski definition) is 1. The molecule has 0 aliphatic rings. The first-order valence-electron chi connectivity index (χ1n) is 4.46. The molecule has 0 amide bonds. The van der Waals surface area contributed by atoms with Gasteiger partial charge < -0.3 is 5.11 Å². The van der Waals surface area contributed by atoms with Crippen molar-refractivity contribution in [2.45, 2.75) is 0 Å². The molecule has 4 nitrogen and oxygen atoms in total. The van der Waals surface area contributed by atoms with Crippen molar-refractivity contribution in [2.24, 2.45) is 7.05 Å². The summed E-state index contributed by atoms with van der Waals surface area (Å²) in [5, 5.41) is 13.5. The average Bonchev–Trinajstić information content (AvgIpc) is 2.56. The van der Waals surface area contributed by atoms with E-state index in [4.69, 9.17) is 5.11 Å². The third-order valence-electron chi connectivity index (χ3n) is 2.31. The molecule has 15 heavy (non-hydrogen) atoms. The van der Waals surface area contributed by atoms with Crippen LogP contribution in [0, 0.1) is 0 Å². The summed E-state index contributed by atoms with van der Waals surface area (Å²) in [5.41, 5.74) is 1.83. The topological polar surface area (TPSA) is 55.1 Å². The van der Waals surface area contributed by atoms with Crippen LogP contribution in [0.2, 0.25) is 0 Å². The quantitative estimate of drug-likeness (QED) is 0.809. The summed E-state index contributed by atoms with van der Waals surface area (Å²) in [4.78, 5) is 10.9. The second-order valence-electron chi connectivity index (χ2n) is 3.26. The van der Waals surface area contributed by atoms with Gasteiger partial charge in [-0.05, 0) is 17.7 Å². The molecule has 0 fully saturated rings. The minimum absolute atomic E-state index is 0.0862. The van der Waals surface area contributed by atoms with Gasteiger partial charge in [0.25, 0.3) is 0 Å². The molecule has 1 aromatic heterocycles. The van der Waals surface area contributed by atoms with Crippen LogP contribution >= 0.6 is 0 Å². The zero-order chi connectivity index (χ0) is 11.0. The Bertz CT molecular complexity index is 555. The van der Waals surface area contributed by atoms with E-state index < -0.39 is 5.97 Å². The Morgan fingerprint density at radius 2 is 2.33 bits per heavy atom. The van der Waals surface area contributed by atoms with Crippen LogP contribution in [0.4, 0.5) is 0 Å². The Kier molecular flexibility index (Phi) is 2.04. The summed E-state index contributed by atoms with van der Waals surface area (Å²) in [6, 6.07) is 5.44. The lowest BCUT2D eigenvalue weighted by Crippen LogP contribution is -1.99. The number of carbonyl (C=O) groups is 1. The Hall–Kier alpha value is -2.10. The molecule has 0 unspecified atom stereocenters. The lowest BCUT2D eigenvalue weighted by atomic mass is 10.1. The predicted octanol–water partition coefficient (Wildman–Crippen LogP) is 1.91. The molecule has 76 valence electrons. The number of carboxylic acid groups (broad SMARTS) is 1. The van der Waals surface area contributed by atoms with Crippen molar-refractivity contribution < 1.29 is 9.90 Å². The van der Waals surface area contributed by atoms with Crippen LogP contribution in [0.1, 0.15) is 16.1 Å². The van der Waals surface area contributed by atoms with E-state index in [0.717, 1.165) is 11.1 Å². The lowest BCUT2D eigenvalue weighted by Gasteiger charge is -1.95. The SMILES string of the molecule is C=Cc1ccc2c(C(=O)O)nn(C)c2c1. The van der Waals surface area contributed by atoms with Crippen LogP contribution in [0.15, 0.2) is 24.8 Å². The fourth-order valence-electron chi connectivity index (χ4n) is 1.56. The lowest BCUT2D eigenvalue weighted by molar-refractivity contribution is 0.0691. The molecule has 0 aliphatic heterocycles. The van der Waals surface area contributed by atoms with Crippen molar-refractivity contribution in [3.05, 3.63) is 36.0 Å². The van der Waals surface area contributed by atoms with Gasteiger partial charge in [-0.3, -0.25) is 4.68 Å². The number of hydrogen-bond acceptors (Lipinski definition) is 2. The number of benzene rings is 1. The van der Waals surface area contributed by atoms with Crippen LogP contribution in [-0.4, -0.2) is 20.9 Å². The van der Waals surface area contributed by atoms with E-state index >= 15 is 0 Å². The molecule has 2 aromatic rings. The monoisotopic (exact) mass is 202 g/mol. The molecule has 1 N–H and O–H groups in total. The van der Waals surface area contributed by atoms with Crippen molar-refractivity contribution in [2.75, 3.05) is 0 Å². The first kappa shape index (κ1) is 9.45. The van der Waals surface area contributed by atoms with E-state index in [1.165, 1.54) is 0 Å². The molecule has 1 heterocycles. The van der Waals surface area contributed by atoms with Gasteiger partial charge in [0.15, 0.2) is 5.69 Å². The van der Waals surface area contributed by atoms with Crippen LogP contribution in [0.3, 0.4) is 0 Å². The van der Waals surface area contributed by atoms with Crippen molar-refractivity contribution in [3.63, 3.8) is 0 Å². The summed E-state index contributed by atoms with van der Waals surface area (Å²) >= 11 is 0. The Balaban J connectivity index is 2.80. The Morgan fingerprint density at radius 3 is 2.93 bits per heavy atom. The zero-order valence-corrected chi connectivity index (χ0v) is 8.27. The van der Waals surface area contributed by atoms with E-state index in [1.54, 1.807) is 23.9 Å². The summed E-state index contributed by atoms with van der Waals surface area (Å²) in [5.74, 6) is -1.01. The van der Waals surface area contributed by atoms with Gasteiger partial charge in [-0.15, -0.1) is 0 Å². The van der Waals surface area contributed by atoms with Gasteiger partial charge in [-0.2, -0.15) is 5.10 Å². The summed E-state index contributed by atoms with van der Waals surface area (Å²) < 4.78 is 1.56. The van der Waals surface area contributed by atoms with Gasteiger partial charge in [0.2, 0.25) is 0 Å². The first-order valence-corrected chi connectivity index (χ1v) is 4.46. The first-order chi connectivity index (χ1) is 7.13. The predicted molar refractivity (Wildman–Crippen MR) is 57.8 cm³/mol. The van der Waals surface area contributed by atoms with Crippen molar-refractivity contribution >= 4 is 22.9 Å². The highest BCUT2D eigenvalue weighted by molar-refractivity contribution is 6.01. The maximum atomic E-state index is 10.9. The molecule has 4 heteroatoms. The highest BCUT2D eigenvalue weighted by atomic mass is 16.4. The van der Waals surface area contributed by atoms with Gasteiger partial charge in [-0.25, -0.2) is 4.79 Å². The standard InChI is InChI=1S/C11H10N2O2/c1-3-7-4-5-8-9(6-7)13(2)12-10(8)11(14)15/h3-6H,1H2,2H3,(H,14,15). The third kappa shape index (κ3) is 1.40. The molecule has 0 radical (unpaired) electrons.